The van der Waals surface area contributed by atoms with E-state index in [1.54, 1.807) is 16.7 Å². The number of aliphatic carboxylic acids is 1. The molecular weight excluding hydrogens is 542 g/mol. The summed E-state index contributed by atoms with van der Waals surface area (Å²) in [5.41, 5.74) is 5.54. The monoisotopic (exact) mass is 575 g/mol. The third kappa shape index (κ3) is 5.10. The predicted octanol–water partition coefficient (Wildman–Crippen LogP) is -2.55. The van der Waals surface area contributed by atoms with Crippen LogP contribution in [0.25, 0.3) is 0 Å². The zero-order valence-corrected chi connectivity index (χ0v) is 23.0. The Morgan fingerprint density at radius 3 is 2.60 bits per heavy atom. The molecule has 4 aliphatic rings. The molecule has 4 aliphatic heterocycles. The molecule has 6 atom stereocenters. The number of carbonyl (C=O) groups excluding carboxylic acids is 3. The van der Waals surface area contributed by atoms with Gasteiger partial charge in [0.05, 0.1) is 18.0 Å². The predicted molar refractivity (Wildman–Crippen MR) is 141 cm³/mol. The molecule has 0 aromatic carbocycles. The summed E-state index contributed by atoms with van der Waals surface area (Å²) < 4.78 is 1.27. The molecule has 5 rings (SSSR count). The van der Waals surface area contributed by atoms with Crippen LogP contribution in [-0.4, -0.2) is 126 Å². The Morgan fingerprint density at radius 2 is 1.98 bits per heavy atom. The molecule has 40 heavy (non-hydrogen) atoms. The van der Waals surface area contributed by atoms with Gasteiger partial charge in [-0.3, -0.25) is 19.8 Å². The smallest absolute Gasteiger partial charge is 0.353 e. The number of tetrazole rings is 1. The average molecular weight is 576 g/mol. The lowest BCUT2D eigenvalue weighted by Gasteiger charge is -2.47. The number of rotatable bonds is 8. The number of amides is 3. The summed E-state index contributed by atoms with van der Waals surface area (Å²) in [5.74, 6) is -2.67. The van der Waals surface area contributed by atoms with E-state index in [-0.39, 0.29) is 59.2 Å². The first-order valence-corrected chi connectivity index (χ1v) is 14.0. The number of carboxylic acid groups (broad SMARTS) is 1. The molecule has 1 aromatic rings. The normalized spacial score (nSPS) is 28.8. The highest BCUT2D eigenvalue weighted by Gasteiger charge is 2.60. The summed E-state index contributed by atoms with van der Waals surface area (Å²) in [6.07, 6.45) is 1.85. The molecule has 16 nitrogen and oxygen atoms in total. The number of guanidine groups is 1. The molecule has 1 aromatic heterocycles. The number of β-lactam (4-membered cyclic amide) rings is 1. The topological polar surface area (TPSA) is 216 Å². The van der Waals surface area contributed by atoms with E-state index in [1.807, 2.05) is 6.92 Å². The molecule has 3 saturated heterocycles. The van der Waals surface area contributed by atoms with Gasteiger partial charge in [0.1, 0.15) is 18.6 Å². The number of aromatic nitrogens is 4. The second-order valence-corrected chi connectivity index (χ2v) is 11.9. The number of nitrogens with one attached hydrogen (secondary N) is 3. The van der Waals surface area contributed by atoms with Crippen molar-refractivity contribution in [3.8, 4) is 0 Å². The number of piperazine rings is 1. The van der Waals surface area contributed by atoms with Gasteiger partial charge >= 0.3 is 5.97 Å². The fourth-order valence-corrected chi connectivity index (χ4v) is 7.51. The number of carbonyl (C=O) groups is 4. The minimum atomic E-state index is -1.17. The summed E-state index contributed by atoms with van der Waals surface area (Å²) in [6.45, 7) is 6.09. The lowest BCUT2D eigenvalue weighted by molar-refractivity contribution is -0.158. The van der Waals surface area contributed by atoms with Crippen molar-refractivity contribution in [1.82, 2.24) is 45.5 Å². The van der Waals surface area contributed by atoms with Crippen LogP contribution in [0, 0.1) is 17.2 Å². The van der Waals surface area contributed by atoms with Gasteiger partial charge in [-0.1, -0.05) is 6.92 Å². The van der Waals surface area contributed by atoms with Crippen LogP contribution in [0.5, 0.6) is 0 Å². The largest absolute Gasteiger partial charge is 0.477 e. The van der Waals surface area contributed by atoms with Gasteiger partial charge in [0.15, 0.2) is 5.96 Å². The zero-order valence-electron chi connectivity index (χ0n) is 22.2. The first-order chi connectivity index (χ1) is 19.1. The third-order valence-corrected chi connectivity index (χ3v) is 9.54. The van der Waals surface area contributed by atoms with Crippen molar-refractivity contribution in [2.75, 3.05) is 32.7 Å². The van der Waals surface area contributed by atoms with Gasteiger partial charge in [0.25, 0.3) is 0 Å². The summed E-state index contributed by atoms with van der Waals surface area (Å²) in [6, 6.07) is -1.28. The molecule has 3 amide bonds. The maximum Gasteiger partial charge on any atom is 0.353 e. The lowest BCUT2D eigenvalue weighted by Crippen LogP contribution is -2.66. The van der Waals surface area contributed by atoms with Gasteiger partial charge in [-0.15, -0.1) is 16.9 Å². The molecule has 0 aliphatic carbocycles. The van der Waals surface area contributed by atoms with Crippen molar-refractivity contribution < 1.29 is 24.3 Å². The van der Waals surface area contributed by atoms with E-state index in [1.165, 1.54) is 27.7 Å². The van der Waals surface area contributed by atoms with Crippen LogP contribution < -0.4 is 16.4 Å². The van der Waals surface area contributed by atoms with Crippen LogP contribution >= 0.6 is 11.8 Å². The summed E-state index contributed by atoms with van der Waals surface area (Å²) in [7, 11) is 0. The van der Waals surface area contributed by atoms with Gasteiger partial charge < -0.3 is 36.2 Å². The van der Waals surface area contributed by atoms with Crippen LogP contribution in [0.2, 0.25) is 0 Å². The molecule has 0 radical (unpaired) electrons. The van der Waals surface area contributed by atoms with Gasteiger partial charge in [0, 0.05) is 54.8 Å². The van der Waals surface area contributed by atoms with Gasteiger partial charge in [-0.25, -0.2) is 9.48 Å². The standard InChI is InChI=1S/C23H33N11O5S/c1-11-17-16(12(2)28-15(35)9-33-10-27-29-30-33)21(37)34(17)18(22(38)39)19(11)40-13-7-14(26-8-13)20(36)31-3-5-32(6-4-31)23(24)25/h10-14,16-17,26H,3-9H2,1-2H3,(H3,24,25)(H,28,35)(H,38,39)/t11-,12?,13+,14+,16-,17-/m1/s1. The maximum absolute atomic E-state index is 13.2. The number of thioether (sulfide) groups is 1. The minimum Gasteiger partial charge on any atom is -0.477 e. The maximum atomic E-state index is 13.2. The number of hydrogen-bond donors (Lipinski definition) is 5. The molecule has 1 unspecified atom stereocenters. The van der Waals surface area contributed by atoms with E-state index in [0.29, 0.717) is 44.0 Å². The second kappa shape index (κ2) is 11.0. The molecule has 6 N–H and O–H groups in total. The number of nitrogens with two attached hydrogens (primary N) is 1. The van der Waals surface area contributed by atoms with Crippen molar-refractivity contribution in [3.05, 3.63) is 16.9 Å². The van der Waals surface area contributed by atoms with Crippen molar-refractivity contribution in [3.63, 3.8) is 0 Å². The Balaban J connectivity index is 1.20. The number of nitrogens with zero attached hydrogens (tertiary/aromatic N) is 7. The number of hydrogen-bond acceptors (Lipinski definition) is 10. The Morgan fingerprint density at radius 1 is 1.27 bits per heavy atom. The van der Waals surface area contributed by atoms with Crippen molar-refractivity contribution >= 4 is 41.4 Å². The molecule has 0 saturated carbocycles. The highest BCUT2D eigenvalue weighted by Crippen LogP contribution is 2.51. The third-order valence-electron chi connectivity index (χ3n) is 8.03. The van der Waals surface area contributed by atoms with Gasteiger partial charge in [0.2, 0.25) is 17.7 Å². The minimum absolute atomic E-state index is 0.00211. The molecule has 5 heterocycles. The molecule has 0 bridgehead atoms. The zero-order chi connectivity index (χ0) is 28.7. The lowest BCUT2D eigenvalue weighted by atomic mass is 9.78. The van der Waals surface area contributed by atoms with Gasteiger partial charge in [-0.2, -0.15) is 0 Å². The Labute approximate surface area is 234 Å². The second-order valence-electron chi connectivity index (χ2n) is 10.5. The van der Waals surface area contributed by atoms with E-state index >= 15 is 0 Å². The first kappa shape index (κ1) is 27.8. The van der Waals surface area contributed by atoms with E-state index in [2.05, 4.69) is 26.2 Å². The SMILES string of the molecule is CC(NC(=O)Cn1cnnn1)[C@H]1C(=O)N2C(C(=O)O)=C(S[C@@H]3CN[C@H](C(=O)N4CCN(C(=N)N)CC4)C3)[C@H](C)[C@H]12. The van der Waals surface area contributed by atoms with E-state index in [4.69, 9.17) is 11.1 Å². The first-order valence-electron chi connectivity index (χ1n) is 13.1. The molecule has 3 fully saturated rings. The van der Waals surface area contributed by atoms with Gasteiger partial charge in [-0.05, 0) is 23.8 Å². The fraction of sp³-hybridized carbons (Fsp3) is 0.652. The summed E-state index contributed by atoms with van der Waals surface area (Å²) >= 11 is 1.42. The molecular formula is C23H33N11O5S. The molecule has 216 valence electrons. The Bertz CT molecular complexity index is 1230. The number of fused-ring (bicyclic) bond motifs is 1. The van der Waals surface area contributed by atoms with E-state index < -0.39 is 17.9 Å². The van der Waals surface area contributed by atoms with Crippen LogP contribution in [0.4, 0.5) is 0 Å². The van der Waals surface area contributed by atoms with E-state index in [9.17, 15) is 24.3 Å². The Kier molecular flexibility index (Phi) is 7.67. The summed E-state index contributed by atoms with van der Waals surface area (Å²) in [5, 5.41) is 34.3. The summed E-state index contributed by atoms with van der Waals surface area (Å²) in [4.78, 5) is 56.5. The van der Waals surface area contributed by atoms with Crippen molar-refractivity contribution in [2.45, 2.75) is 50.2 Å². The van der Waals surface area contributed by atoms with Crippen molar-refractivity contribution in [2.24, 2.45) is 17.6 Å². The van der Waals surface area contributed by atoms with Crippen LogP contribution in [0.3, 0.4) is 0 Å². The van der Waals surface area contributed by atoms with Crippen LogP contribution in [0.15, 0.2) is 16.9 Å². The fourth-order valence-electron chi connectivity index (χ4n) is 6.03. The van der Waals surface area contributed by atoms with Crippen LogP contribution in [-0.2, 0) is 25.7 Å². The number of carboxylic acids is 1. The molecule has 17 heteroatoms. The Hall–Kier alpha value is -3.73. The highest BCUT2D eigenvalue weighted by molar-refractivity contribution is 8.03. The quantitative estimate of drug-likeness (QED) is 0.123. The van der Waals surface area contributed by atoms with Crippen LogP contribution in [0.1, 0.15) is 20.3 Å². The van der Waals surface area contributed by atoms with E-state index in [0.717, 1.165) is 0 Å². The highest BCUT2D eigenvalue weighted by atomic mass is 32.2. The molecule has 0 spiro atoms. The average Bonchev–Trinajstić information content (AvgIpc) is 3.64. The van der Waals surface area contributed by atoms with Crippen molar-refractivity contribution in [1.29, 1.82) is 5.41 Å².